The average Bonchev–Trinajstić information content (AvgIpc) is 2.79. The van der Waals surface area contributed by atoms with Crippen LogP contribution in [0.15, 0.2) is 4.99 Å². The largest absolute Gasteiger partial charge is 0.481 e. The number of thiol groups is 1. The molecule has 4 amide bonds. The number of carboxylic acids is 2. The van der Waals surface area contributed by atoms with Crippen LogP contribution in [0.2, 0.25) is 0 Å². The van der Waals surface area contributed by atoms with Crippen LogP contribution in [0.4, 0.5) is 0 Å². The average molecular weight is 535 g/mol. The molecule has 0 spiro atoms. The number of rotatable bonds is 18. The van der Waals surface area contributed by atoms with E-state index in [4.69, 9.17) is 28.0 Å². The molecule has 0 fully saturated rings. The zero-order chi connectivity index (χ0) is 27.8. The molecule has 0 saturated carbocycles. The van der Waals surface area contributed by atoms with Crippen molar-refractivity contribution in [2.24, 2.45) is 27.9 Å². The van der Waals surface area contributed by atoms with Crippen molar-refractivity contribution >= 4 is 54.2 Å². The number of hydrogen-bond donors (Lipinski definition) is 10. The fourth-order valence-corrected chi connectivity index (χ4v) is 2.93. The third-order valence-electron chi connectivity index (χ3n) is 4.69. The SMILES string of the molecule is NC(=O)CCC(NC(=O)C(N)CS)C(=O)NC(CCC(=O)O)C(=O)NC(CCCN=C(N)N)C(=O)O. The van der Waals surface area contributed by atoms with Gasteiger partial charge in [0.25, 0.3) is 0 Å². The Morgan fingerprint density at radius 2 is 1.28 bits per heavy atom. The van der Waals surface area contributed by atoms with E-state index in [2.05, 4.69) is 33.6 Å². The van der Waals surface area contributed by atoms with Crippen LogP contribution in [0.25, 0.3) is 0 Å². The number of guanidine groups is 1. The molecule has 36 heavy (non-hydrogen) atoms. The summed E-state index contributed by atoms with van der Waals surface area (Å²) in [5.41, 5.74) is 21.1. The molecule has 13 N–H and O–H groups in total. The highest BCUT2D eigenvalue weighted by Crippen LogP contribution is 2.06. The third-order valence-corrected chi connectivity index (χ3v) is 5.08. The van der Waals surface area contributed by atoms with Crippen molar-refractivity contribution in [1.29, 1.82) is 0 Å². The predicted molar refractivity (Wildman–Crippen MR) is 130 cm³/mol. The first-order valence-electron chi connectivity index (χ1n) is 10.8. The molecule has 0 bridgehead atoms. The van der Waals surface area contributed by atoms with E-state index in [1.54, 1.807) is 0 Å². The van der Waals surface area contributed by atoms with Crippen molar-refractivity contribution in [1.82, 2.24) is 16.0 Å². The Labute approximate surface area is 212 Å². The number of aliphatic imine (C=N–C) groups is 1. The molecule has 0 aromatic heterocycles. The number of nitrogens with one attached hydrogen (secondary N) is 3. The number of carbonyl (C=O) groups excluding carboxylic acids is 4. The molecule has 4 unspecified atom stereocenters. The molecule has 204 valence electrons. The Morgan fingerprint density at radius 1 is 0.778 bits per heavy atom. The zero-order valence-electron chi connectivity index (χ0n) is 19.5. The van der Waals surface area contributed by atoms with Gasteiger partial charge in [0.15, 0.2) is 5.96 Å². The van der Waals surface area contributed by atoms with Gasteiger partial charge in [-0.3, -0.25) is 29.0 Å². The summed E-state index contributed by atoms with van der Waals surface area (Å²) >= 11 is 3.90. The second-order valence-corrected chi connectivity index (χ2v) is 8.06. The molecule has 0 aromatic rings. The van der Waals surface area contributed by atoms with Crippen LogP contribution in [0.1, 0.15) is 38.5 Å². The van der Waals surface area contributed by atoms with Gasteiger partial charge in [-0.1, -0.05) is 0 Å². The number of amides is 4. The normalized spacial score (nSPS) is 13.8. The quantitative estimate of drug-likeness (QED) is 0.0349. The lowest BCUT2D eigenvalue weighted by Crippen LogP contribution is -2.57. The molecular weight excluding hydrogens is 500 g/mol. The van der Waals surface area contributed by atoms with Gasteiger partial charge in [-0.05, 0) is 25.7 Å². The summed E-state index contributed by atoms with van der Waals surface area (Å²) < 4.78 is 0. The van der Waals surface area contributed by atoms with Gasteiger partial charge in [0, 0.05) is 25.1 Å². The minimum atomic E-state index is -1.47. The second-order valence-electron chi connectivity index (χ2n) is 7.70. The molecule has 0 heterocycles. The van der Waals surface area contributed by atoms with Crippen LogP contribution >= 0.6 is 12.6 Å². The van der Waals surface area contributed by atoms with Crippen molar-refractivity contribution in [3.05, 3.63) is 0 Å². The number of primary amides is 1. The zero-order valence-corrected chi connectivity index (χ0v) is 20.4. The molecule has 0 aliphatic carbocycles. The monoisotopic (exact) mass is 534 g/mol. The minimum Gasteiger partial charge on any atom is -0.481 e. The number of hydrogen-bond acceptors (Lipinski definition) is 9. The smallest absolute Gasteiger partial charge is 0.326 e. The van der Waals surface area contributed by atoms with Crippen LogP contribution in [0, 0.1) is 0 Å². The summed E-state index contributed by atoms with van der Waals surface area (Å²) in [6.07, 6.45) is -1.31. The number of carbonyl (C=O) groups is 6. The van der Waals surface area contributed by atoms with Crippen molar-refractivity contribution in [3.63, 3.8) is 0 Å². The van der Waals surface area contributed by atoms with E-state index in [0.717, 1.165) is 0 Å². The topological polar surface area (TPSA) is 295 Å². The molecule has 0 aliphatic rings. The van der Waals surface area contributed by atoms with Crippen LogP contribution < -0.4 is 38.9 Å². The first kappa shape index (κ1) is 32.4. The molecule has 0 radical (unpaired) electrons. The van der Waals surface area contributed by atoms with Crippen molar-refractivity contribution < 1.29 is 39.0 Å². The molecule has 0 rings (SSSR count). The molecule has 0 aliphatic heterocycles. The van der Waals surface area contributed by atoms with Crippen molar-refractivity contribution in [3.8, 4) is 0 Å². The highest BCUT2D eigenvalue weighted by Gasteiger charge is 2.30. The van der Waals surface area contributed by atoms with Gasteiger partial charge in [-0.2, -0.15) is 12.6 Å². The van der Waals surface area contributed by atoms with E-state index in [0.29, 0.717) is 0 Å². The fourth-order valence-electron chi connectivity index (χ4n) is 2.76. The van der Waals surface area contributed by atoms with Crippen LogP contribution in [-0.2, 0) is 28.8 Å². The summed E-state index contributed by atoms with van der Waals surface area (Å²) in [5, 5.41) is 25.3. The van der Waals surface area contributed by atoms with E-state index in [1.807, 2.05) is 0 Å². The lowest BCUT2D eigenvalue weighted by molar-refractivity contribution is -0.143. The molecule has 16 nitrogen and oxygen atoms in total. The fraction of sp³-hybridized carbons (Fsp3) is 0.632. The van der Waals surface area contributed by atoms with E-state index in [9.17, 15) is 33.9 Å². The Bertz CT molecular complexity index is 836. The minimum absolute atomic E-state index is 0.0423. The summed E-state index contributed by atoms with van der Waals surface area (Å²) in [6, 6.07) is -5.26. The second kappa shape index (κ2) is 16.9. The van der Waals surface area contributed by atoms with Gasteiger partial charge in [0.05, 0.1) is 6.04 Å². The first-order chi connectivity index (χ1) is 16.8. The maximum Gasteiger partial charge on any atom is 0.326 e. The number of nitrogens with zero attached hydrogens (tertiary/aromatic N) is 1. The van der Waals surface area contributed by atoms with E-state index < -0.39 is 66.2 Å². The molecular formula is C19H34N8O8S. The molecule has 0 saturated heterocycles. The van der Waals surface area contributed by atoms with Crippen LogP contribution in [0.5, 0.6) is 0 Å². The predicted octanol–water partition coefficient (Wildman–Crippen LogP) is -4.03. The summed E-state index contributed by atoms with van der Waals surface area (Å²) in [5.74, 6) is -6.28. The molecule has 0 aromatic carbocycles. The van der Waals surface area contributed by atoms with Crippen molar-refractivity contribution in [2.75, 3.05) is 12.3 Å². The third kappa shape index (κ3) is 14.0. The van der Waals surface area contributed by atoms with E-state index in [1.165, 1.54) is 0 Å². The highest BCUT2D eigenvalue weighted by atomic mass is 32.1. The van der Waals surface area contributed by atoms with Gasteiger partial charge in [0.2, 0.25) is 23.6 Å². The van der Waals surface area contributed by atoms with E-state index >= 15 is 0 Å². The number of aliphatic carboxylic acids is 2. The first-order valence-corrected chi connectivity index (χ1v) is 11.5. The van der Waals surface area contributed by atoms with Gasteiger partial charge < -0.3 is 49.1 Å². The Balaban J connectivity index is 5.55. The van der Waals surface area contributed by atoms with Crippen molar-refractivity contribution in [2.45, 2.75) is 62.7 Å². The van der Waals surface area contributed by atoms with Gasteiger partial charge in [-0.15, -0.1) is 0 Å². The highest BCUT2D eigenvalue weighted by molar-refractivity contribution is 7.80. The van der Waals surface area contributed by atoms with E-state index in [-0.39, 0.29) is 50.4 Å². The van der Waals surface area contributed by atoms with Gasteiger partial charge in [-0.25, -0.2) is 4.79 Å². The molecule has 17 heteroatoms. The standard InChI is InChI=1S/C19H34N8O8S/c20-9(8-36)15(31)25-10(3-5-13(21)28)16(32)26-11(4-6-14(29)30)17(33)27-12(18(34)35)2-1-7-24-19(22)23/h9-12,36H,1-8,20H2,(H2,21,28)(H,25,31)(H,26,32)(H,27,33)(H,29,30)(H,34,35)(H4,22,23,24). The maximum absolute atomic E-state index is 12.8. The van der Waals surface area contributed by atoms with Crippen LogP contribution in [-0.4, -0.2) is 88.2 Å². The number of carboxylic acid groups (broad SMARTS) is 2. The lowest BCUT2D eigenvalue weighted by Gasteiger charge is -2.24. The lowest BCUT2D eigenvalue weighted by atomic mass is 10.1. The number of nitrogens with two attached hydrogens (primary N) is 4. The summed E-state index contributed by atoms with van der Waals surface area (Å²) in [4.78, 5) is 75.2. The molecule has 4 atom stereocenters. The summed E-state index contributed by atoms with van der Waals surface area (Å²) in [6.45, 7) is 0.108. The Morgan fingerprint density at radius 3 is 1.72 bits per heavy atom. The van der Waals surface area contributed by atoms with Crippen LogP contribution in [0.3, 0.4) is 0 Å². The maximum atomic E-state index is 12.8. The summed E-state index contributed by atoms with van der Waals surface area (Å²) in [7, 11) is 0. The Hall–Kier alpha value is -3.60. The van der Waals surface area contributed by atoms with Gasteiger partial charge in [0.1, 0.15) is 18.1 Å². The van der Waals surface area contributed by atoms with Gasteiger partial charge >= 0.3 is 11.9 Å². The Kier molecular flexibility index (Phi) is 15.2.